The van der Waals surface area contributed by atoms with Gasteiger partial charge in [-0.3, -0.25) is 0 Å². The van der Waals surface area contributed by atoms with Gasteiger partial charge in [-0.25, -0.2) is 4.79 Å². The molecule has 0 radical (unpaired) electrons. The van der Waals surface area contributed by atoms with Crippen molar-refractivity contribution in [2.24, 2.45) is 11.8 Å². The number of ether oxygens (including phenoxy) is 1. The van der Waals surface area contributed by atoms with E-state index in [2.05, 4.69) is 44.7 Å². The van der Waals surface area contributed by atoms with Gasteiger partial charge in [-0.2, -0.15) is 5.26 Å². The number of nitrogens with zero attached hydrogens (tertiary/aromatic N) is 1. The van der Waals surface area contributed by atoms with E-state index in [1.165, 1.54) is 13.2 Å². The van der Waals surface area contributed by atoms with Crippen molar-refractivity contribution in [1.82, 2.24) is 0 Å². The second kappa shape index (κ2) is 7.43. The van der Waals surface area contributed by atoms with Crippen molar-refractivity contribution >= 4 is 14.3 Å². The van der Waals surface area contributed by atoms with E-state index in [1.807, 2.05) is 0 Å². The van der Waals surface area contributed by atoms with Crippen LogP contribution in [0.3, 0.4) is 0 Å². The molecule has 0 heterocycles. The van der Waals surface area contributed by atoms with E-state index < -0.39 is 8.32 Å². The van der Waals surface area contributed by atoms with Gasteiger partial charge in [-0.05, 0) is 37.0 Å². The molecule has 1 fully saturated rings. The molecule has 5 heteroatoms. The summed E-state index contributed by atoms with van der Waals surface area (Å²) in [5.74, 6) is -0.201. The zero-order valence-corrected chi connectivity index (χ0v) is 15.7. The Morgan fingerprint density at radius 3 is 2.50 bits per heavy atom. The van der Waals surface area contributed by atoms with Gasteiger partial charge in [0.2, 0.25) is 0 Å². The first-order valence-electron chi connectivity index (χ1n) is 7.96. The summed E-state index contributed by atoms with van der Waals surface area (Å²) in [6, 6.07) is 2.41. The largest absolute Gasteiger partial charge is 0.466 e. The Hall–Kier alpha value is -1.12. The molecule has 0 unspecified atom stereocenters. The van der Waals surface area contributed by atoms with Crippen LogP contribution in [0.2, 0.25) is 18.1 Å². The van der Waals surface area contributed by atoms with Crippen LogP contribution in [0.4, 0.5) is 0 Å². The van der Waals surface area contributed by atoms with Crippen molar-refractivity contribution in [2.45, 2.75) is 64.3 Å². The minimum atomic E-state index is -1.97. The second-order valence-corrected chi connectivity index (χ2v) is 12.3. The van der Waals surface area contributed by atoms with Crippen LogP contribution < -0.4 is 0 Å². The molecule has 0 aromatic heterocycles. The first-order valence-corrected chi connectivity index (χ1v) is 10.9. The summed E-state index contributed by atoms with van der Waals surface area (Å²) in [7, 11) is -0.608. The lowest BCUT2D eigenvalue weighted by Gasteiger charge is -2.40. The van der Waals surface area contributed by atoms with Crippen LogP contribution >= 0.6 is 0 Å². The summed E-state index contributed by atoms with van der Waals surface area (Å²) in [5.41, 5.74) is 0. The van der Waals surface area contributed by atoms with Crippen LogP contribution in [0.5, 0.6) is 0 Å². The molecule has 0 spiro atoms. The predicted molar refractivity (Wildman–Crippen MR) is 89.7 cm³/mol. The summed E-state index contributed by atoms with van der Waals surface area (Å²) in [6.07, 6.45) is 5.99. The zero-order chi connectivity index (χ0) is 17.0. The lowest BCUT2D eigenvalue weighted by molar-refractivity contribution is -0.134. The van der Waals surface area contributed by atoms with Gasteiger partial charge < -0.3 is 9.16 Å². The van der Waals surface area contributed by atoms with Crippen LogP contribution in [-0.4, -0.2) is 27.5 Å². The molecule has 4 nitrogen and oxygen atoms in total. The Morgan fingerprint density at radius 1 is 1.36 bits per heavy atom. The molecule has 1 aliphatic rings. The number of nitriles is 1. The summed E-state index contributed by atoms with van der Waals surface area (Å²) in [4.78, 5) is 11.4. The second-order valence-electron chi connectivity index (χ2n) is 7.56. The summed E-state index contributed by atoms with van der Waals surface area (Å²) < 4.78 is 11.2. The molecule has 0 aromatic carbocycles. The van der Waals surface area contributed by atoms with E-state index in [0.29, 0.717) is 0 Å². The number of carbonyl (C=O) groups excluding carboxylic acids is 1. The van der Waals surface area contributed by atoms with Crippen molar-refractivity contribution in [1.29, 1.82) is 5.26 Å². The summed E-state index contributed by atoms with van der Waals surface area (Å²) in [5, 5.41) is 9.45. The van der Waals surface area contributed by atoms with Crippen LogP contribution in [0.1, 0.15) is 40.0 Å². The van der Waals surface area contributed by atoms with E-state index in [1.54, 1.807) is 6.08 Å². The van der Waals surface area contributed by atoms with Crippen LogP contribution in [0.25, 0.3) is 0 Å². The van der Waals surface area contributed by atoms with Gasteiger partial charge >= 0.3 is 5.97 Å². The van der Waals surface area contributed by atoms with Gasteiger partial charge in [0.1, 0.15) is 0 Å². The minimum absolute atomic E-state index is 0.0112. The van der Waals surface area contributed by atoms with E-state index in [4.69, 9.17) is 4.43 Å². The van der Waals surface area contributed by atoms with Crippen molar-refractivity contribution < 1.29 is 14.0 Å². The van der Waals surface area contributed by atoms with Gasteiger partial charge in [-0.15, -0.1) is 0 Å². The highest BCUT2D eigenvalue weighted by Gasteiger charge is 2.42. The molecule has 0 amide bonds. The lowest BCUT2D eigenvalue weighted by atomic mass is 9.91. The van der Waals surface area contributed by atoms with Crippen molar-refractivity contribution in [3.63, 3.8) is 0 Å². The van der Waals surface area contributed by atoms with Gasteiger partial charge in [0.05, 0.1) is 25.2 Å². The fourth-order valence-electron chi connectivity index (χ4n) is 2.57. The highest BCUT2D eigenvalue weighted by atomic mass is 28.4. The Kier molecular flexibility index (Phi) is 6.39. The number of esters is 1. The maximum atomic E-state index is 11.4. The average molecular weight is 324 g/mol. The van der Waals surface area contributed by atoms with Gasteiger partial charge in [0.15, 0.2) is 8.32 Å². The maximum absolute atomic E-state index is 11.4. The SMILES string of the molecule is COC(=O)/C=C/[C@@H](O[Si](C)(C)C(C)(C)C)[C@@H]1CCC[C@H]1C#N. The molecular formula is C17H29NO3Si. The third-order valence-electron chi connectivity index (χ3n) is 5.02. The standard InChI is InChI=1S/C17H29NO3Si/c1-17(2,3)22(5,6)21-15(10-11-16(19)20-4)14-9-7-8-13(14)12-18/h10-11,13-15H,7-9H2,1-6H3/b11-10+/t13-,14+,15+/m0/s1. The quantitative estimate of drug-likeness (QED) is 0.435. The summed E-state index contributed by atoms with van der Waals surface area (Å²) in [6.45, 7) is 11.0. The van der Waals surface area contributed by atoms with Crippen molar-refractivity contribution in [3.05, 3.63) is 12.2 Å². The fourth-order valence-corrected chi connectivity index (χ4v) is 3.86. The monoisotopic (exact) mass is 323 g/mol. The summed E-state index contributed by atoms with van der Waals surface area (Å²) >= 11 is 0. The molecule has 0 saturated heterocycles. The predicted octanol–water partition coefficient (Wildman–Crippen LogP) is 4.05. The molecule has 1 aliphatic carbocycles. The van der Waals surface area contributed by atoms with E-state index in [-0.39, 0.29) is 28.9 Å². The van der Waals surface area contributed by atoms with Gasteiger partial charge in [0.25, 0.3) is 0 Å². The minimum Gasteiger partial charge on any atom is -0.466 e. The van der Waals surface area contributed by atoms with Crippen molar-refractivity contribution in [3.8, 4) is 6.07 Å². The van der Waals surface area contributed by atoms with E-state index in [9.17, 15) is 10.1 Å². The Bertz CT molecular complexity index is 460. The Labute approximate surface area is 135 Å². The van der Waals surface area contributed by atoms with Crippen LogP contribution in [0.15, 0.2) is 12.2 Å². The number of methoxy groups -OCH3 is 1. The van der Waals surface area contributed by atoms with Gasteiger partial charge in [0, 0.05) is 12.0 Å². The number of rotatable bonds is 5. The van der Waals surface area contributed by atoms with Crippen LogP contribution in [0, 0.1) is 23.2 Å². The lowest BCUT2D eigenvalue weighted by Crippen LogP contribution is -2.45. The topological polar surface area (TPSA) is 59.3 Å². The Morgan fingerprint density at radius 2 is 2.00 bits per heavy atom. The van der Waals surface area contributed by atoms with Crippen LogP contribution in [-0.2, 0) is 14.0 Å². The first-order chi connectivity index (χ1) is 10.1. The Balaban J connectivity index is 2.99. The third kappa shape index (κ3) is 4.69. The first kappa shape index (κ1) is 18.9. The van der Waals surface area contributed by atoms with E-state index in [0.717, 1.165) is 19.3 Å². The molecule has 1 rings (SSSR count). The average Bonchev–Trinajstić information content (AvgIpc) is 2.89. The highest BCUT2D eigenvalue weighted by molar-refractivity contribution is 6.74. The maximum Gasteiger partial charge on any atom is 0.330 e. The molecule has 22 heavy (non-hydrogen) atoms. The molecule has 0 aromatic rings. The molecular weight excluding hydrogens is 294 g/mol. The van der Waals surface area contributed by atoms with E-state index >= 15 is 0 Å². The van der Waals surface area contributed by atoms with Crippen molar-refractivity contribution in [2.75, 3.05) is 7.11 Å². The molecule has 3 atom stereocenters. The number of hydrogen-bond donors (Lipinski definition) is 0. The molecule has 0 N–H and O–H groups in total. The fraction of sp³-hybridized carbons (Fsp3) is 0.765. The molecule has 0 bridgehead atoms. The normalized spacial score (nSPS) is 24.2. The van der Waals surface area contributed by atoms with Gasteiger partial charge in [-0.1, -0.05) is 27.2 Å². The smallest absolute Gasteiger partial charge is 0.330 e. The third-order valence-corrected chi connectivity index (χ3v) is 9.49. The molecule has 1 saturated carbocycles. The molecule has 0 aliphatic heterocycles. The molecule has 124 valence electrons. The number of hydrogen-bond acceptors (Lipinski definition) is 4. The number of carbonyl (C=O) groups is 1. The highest BCUT2D eigenvalue weighted by Crippen LogP contribution is 2.41. The zero-order valence-electron chi connectivity index (χ0n) is 14.7.